The van der Waals surface area contributed by atoms with Gasteiger partial charge in [-0.3, -0.25) is 4.79 Å². The molecular formula is C11H12Br2ClNO2. The van der Waals surface area contributed by atoms with Gasteiger partial charge in [0, 0.05) is 23.1 Å². The third-order valence-corrected chi connectivity index (χ3v) is 3.49. The van der Waals surface area contributed by atoms with Gasteiger partial charge in [-0.1, -0.05) is 27.5 Å². The van der Waals surface area contributed by atoms with Crippen LogP contribution in [0.25, 0.3) is 0 Å². The standard InChI is InChI=1S/C11H12Br2ClNO2/c1-17-6-7(12)5-15-11(16)9-3-2-8(14)4-10(9)13/h2-4,7H,5-6H2,1H3,(H,15,16). The zero-order valence-electron chi connectivity index (χ0n) is 9.17. The van der Waals surface area contributed by atoms with E-state index in [9.17, 15) is 4.79 Å². The molecule has 3 nitrogen and oxygen atoms in total. The van der Waals surface area contributed by atoms with Crippen molar-refractivity contribution in [3.05, 3.63) is 33.3 Å². The number of nitrogens with one attached hydrogen (secondary N) is 1. The number of amides is 1. The second kappa shape index (κ2) is 7.36. The maximum absolute atomic E-state index is 11.8. The topological polar surface area (TPSA) is 38.3 Å². The van der Waals surface area contributed by atoms with Crippen molar-refractivity contribution < 1.29 is 9.53 Å². The molecule has 0 saturated carbocycles. The van der Waals surface area contributed by atoms with E-state index in [1.165, 1.54) is 0 Å². The SMILES string of the molecule is COCC(Br)CNC(=O)c1ccc(Cl)cc1Br. The average Bonchev–Trinajstić information content (AvgIpc) is 2.26. The molecule has 1 N–H and O–H groups in total. The van der Waals surface area contributed by atoms with Gasteiger partial charge in [0.2, 0.25) is 0 Å². The number of rotatable bonds is 5. The Morgan fingerprint density at radius 3 is 2.88 bits per heavy atom. The Morgan fingerprint density at radius 2 is 2.29 bits per heavy atom. The predicted octanol–water partition coefficient (Wildman–Crippen LogP) is 3.24. The Hall–Kier alpha value is -0.100. The second-order valence-electron chi connectivity index (χ2n) is 3.39. The molecule has 1 aromatic carbocycles. The first kappa shape index (κ1) is 15.0. The van der Waals surface area contributed by atoms with Gasteiger partial charge in [0.25, 0.3) is 5.91 Å². The van der Waals surface area contributed by atoms with E-state index in [2.05, 4.69) is 37.2 Å². The Kier molecular flexibility index (Phi) is 6.48. The number of halogens is 3. The van der Waals surface area contributed by atoms with Crippen LogP contribution in [0, 0.1) is 0 Å². The zero-order chi connectivity index (χ0) is 12.8. The lowest BCUT2D eigenvalue weighted by Gasteiger charge is -2.11. The largest absolute Gasteiger partial charge is 0.383 e. The average molecular weight is 385 g/mol. The molecule has 0 fully saturated rings. The molecule has 1 aromatic rings. The van der Waals surface area contributed by atoms with Gasteiger partial charge in [0.05, 0.1) is 17.0 Å². The second-order valence-corrected chi connectivity index (χ2v) is 5.97. The van der Waals surface area contributed by atoms with Gasteiger partial charge in [0.1, 0.15) is 0 Å². The summed E-state index contributed by atoms with van der Waals surface area (Å²) in [4.78, 5) is 11.9. The molecule has 6 heteroatoms. The normalized spacial score (nSPS) is 12.2. The Balaban J connectivity index is 2.58. The van der Waals surface area contributed by atoms with Crippen LogP contribution in [0.1, 0.15) is 10.4 Å². The minimum absolute atomic E-state index is 0.0996. The van der Waals surface area contributed by atoms with Crippen LogP contribution in [0.3, 0.4) is 0 Å². The number of alkyl halides is 1. The quantitative estimate of drug-likeness (QED) is 0.791. The number of ether oxygens (including phenoxy) is 1. The fourth-order valence-electron chi connectivity index (χ4n) is 1.21. The van der Waals surface area contributed by atoms with Gasteiger partial charge in [-0.05, 0) is 34.1 Å². The van der Waals surface area contributed by atoms with Crippen LogP contribution in [-0.4, -0.2) is 31.0 Å². The lowest BCUT2D eigenvalue weighted by molar-refractivity contribution is 0.0949. The first-order chi connectivity index (χ1) is 8.04. The minimum atomic E-state index is -0.144. The van der Waals surface area contributed by atoms with E-state index in [-0.39, 0.29) is 10.7 Å². The fraction of sp³-hybridized carbons (Fsp3) is 0.364. The highest BCUT2D eigenvalue weighted by molar-refractivity contribution is 9.10. The van der Waals surface area contributed by atoms with E-state index in [0.29, 0.717) is 28.2 Å². The Morgan fingerprint density at radius 1 is 1.59 bits per heavy atom. The van der Waals surface area contributed by atoms with Crippen molar-refractivity contribution in [2.45, 2.75) is 4.83 Å². The fourth-order valence-corrected chi connectivity index (χ4v) is 2.50. The molecule has 0 heterocycles. The van der Waals surface area contributed by atoms with Crippen LogP contribution in [-0.2, 0) is 4.74 Å². The van der Waals surface area contributed by atoms with Gasteiger partial charge in [-0.2, -0.15) is 0 Å². The van der Waals surface area contributed by atoms with Gasteiger partial charge in [0.15, 0.2) is 0 Å². The Labute approximate surface area is 122 Å². The van der Waals surface area contributed by atoms with Gasteiger partial charge in [-0.25, -0.2) is 0 Å². The lowest BCUT2D eigenvalue weighted by atomic mass is 10.2. The zero-order valence-corrected chi connectivity index (χ0v) is 13.1. The van der Waals surface area contributed by atoms with E-state index in [1.807, 2.05) is 0 Å². The molecule has 1 rings (SSSR count). The molecule has 0 saturated heterocycles. The van der Waals surface area contributed by atoms with Crippen molar-refractivity contribution in [1.29, 1.82) is 0 Å². The molecule has 17 heavy (non-hydrogen) atoms. The van der Waals surface area contributed by atoms with Gasteiger partial charge < -0.3 is 10.1 Å². The number of hydrogen-bond acceptors (Lipinski definition) is 2. The van der Waals surface area contributed by atoms with E-state index in [1.54, 1.807) is 25.3 Å². The third-order valence-electron chi connectivity index (χ3n) is 2.01. The van der Waals surface area contributed by atoms with Crippen molar-refractivity contribution in [2.75, 3.05) is 20.3 Å². The van der Waals surface area contributed by atoms with Crippen LogP contribution in [0.2, 0.25) is 5.02 Å². The first-order valence-electron chi connectivity index (χ1n) is 4.91. The summed E-state index contributed by atoms with van der Waals surface area (Å²) >= 11 is 12.5. The van der Waals surface area contributed by atoms with Crippen LogP contribution in [0.4, 0.5) is 0 Å². The highest BCUT2D eigenvalue weighted by Gasteiger charge is 2.11. The van der Waals surface area contributed by atoms with Crippen molar-refractivity contribution in [3.8, 4) is 0 Å². The van der Waals surface area contributed by atoms with E-state index in [4.69, 9.17) is 16.3 Å². The van der Waals surface area contributed by atoms with Crippen LogP contribution < -0.4 is 5.32 Å². The third kappa shape index (κ3) is 4.95. The number of hydrogen-bond donors (Lipinski definition) is 1. The lowest BCUT2D eigenvalue weighted by Crippen LogP contribution is -2.31. The first-order valence-corrected chi connectivity index (χ1v) is 6.99. The van der Waals surface area contributed by atoms with Gasteiger partial charge in [-0.15, -0.1) is 0 Å². The molecule has 0 spiro atoms. The number of carbonyl (C=O) groups is 1. The van der Waals surface area contributed by atoms with E-state index in [0.717, 1.165) is 0 Å². The maximum atomic E-state index is 11.8. The molecule has 1 amide bonds. The molecule has 0 aromatic heterocycles. The molecule has 94 valence electrons. The molecular weight excluding hydrogens is 373 g/mol. The summed E-state index contributed by atoms with van der Waals surface area (Å²) in [6, 6.07) is 5.06. The van der Waals surface area contributed by atoms with Crippen LogP contribution in [0.5, 0.6) is 0 Å². The van der Waals surface area contributed by atoms with E-state index >= 15 is 0 Å². The highest BCUT2D eigenvalue weighted by atomic mass is 79.9. The van der Waals surface area contributed by atoms with Crippen molar-refractivity contribution in [2.24, 2.45) is 0 Å². The minimum Gasteiger partial charge on any atom is -0.383 e. The summed E-state index contributed by atoms with van der Waals surface area (Å²) in [5.41, 5.74) is 0.562. The summed E-state index contributed by atoms with van der Waals surface area (Å²) in [5, 5.41) is 3.39. The predicted molar refractivity (Wildman–Crippen MR) is 76.1 cm³/mol. The molecule has 0 bridgehead atoms. The molecule has 0 aliphatic carbocycles. The summed E-state index contributed by atoms with van der Waals surface area (Å²) in [7, 11) is 1.62. The summed E-state index contributed by atoms with van der Waals surface area (Å²) in [5.74, 6) is -0.144. The molecule has 0 aliphatic rings. The molecule has 1 unspecified atom stereocenters. The van der Waals surface area contributed by atoms with E-state index < -0.39 is 0 Å². The summed E-state index contributed by atoms with van der Waals surface area (Å²) < 4.78 is 5.64. The van der Waals surface area contributed by atoms with Gasteiger partial charge >= 0.3 is 0 Å². The molecule has 0 aliphatic heterocycles. The van der Waals surface area contributed by atoms with Crippen LogP contribution >= 0.6 is 43.5 Å². The highest BCUT2D eigenvalue weighted by Crippen LogP contribution is 2.21. The Bertz CT molecular complexity index is 401. The molecule has 1 atom stereocenters. The van der Waals surface area contributed by atoms with Crippen molar-refractivity contribution >= 4 is 49.4 Å². The monoisotopic (exact) mass is 383 g/mol. The molecule has 0 radical (unpaired) electrons. The number of carbonyl (C=O) groups excluding carboxylic acids is 1. The smallest absolute Gasteiger partial charge is 0.252 e. The summed E-state index contributed by atoms with van der Waals surface area (Å²) in [6.07, 6.45) is 0. The number of methoxy groups -OCH3 is 1. The van der Waals surface area contributed by atoms with Crippen molar-refractivity contribution in [3.63, 3.8) is 0 Å². The van der Waals surface area contributed by atoms with Crippen molar-refractivity contribution in [1.82, 2.24) is 5.32 Å². The van der Waals surface area contributed by atoms with Crippen LogP contribution in [0.15, 0.2) is 22.7 Å². The number of benzene rings is 1. The summed E-state index contributed by atoms with van der Waals surface area (Å²) in [6.45, 7) is 1.05. The maximum Gasteiger partial charge on any atom is 0.252 e.